The summed E-state index contributed by atoms with van der Waals surface area (Å²) in [6.45, 7) is 3.66. The van der Waals surface area contributed by atoms with Crippen LogP contribution >= 0.6 is 11.3 Å². The number of para-hydroxylation sites is 2. The highest BCUT2D eigenvalue weighted by molar-refractivity contribution is 7.19. The maximum absolute atomic E-state index is 11.6. The van der Waals surface area contributed by atoms with E-state index >= 15 is 0 Å². The molecule has 0 saturated heterocycles. The van der Waals surface area contributed by atoms with Crippen LogP contribution in [-0.4, -0.2) is 40.6 Å². The number of methoxy groups -OCH3 is 1. The van der Waals surface area contributed by atoms with E-state index in [-0.39, 0.29) is 12.1 Å². The Morgan fingerprint density at radius 2 is 1.97 bits per heavy atom. The molecular weight excluding hydrogens is 452 g/mol. The van der Waals surface area contributed by atoms with E-state index in [1.807, 2.05) is 60.3 Å². The van der Waals surface area contributed by atoms with Gasteiger partial charge >= 0.3 is 5.97 Å². The average molecular weight is 477 g/mol. The number of carbonyl (C=O) groups excluding carboxylic acids is 1. The lowest BCUT2D eigenvalue weighted by atomic mass is 10.1. The van der Waals surface area contributed by atoms with Gasteiger partial charge in [0.25, 0.3) is 0 Å². The first-order valence-electron chi connectivity index (χ1n) is 10.9. The molecule has 1 N–H and O–H groups in total. The van der Waals surface area contributed by atoms with Gasteiger partial charge in [0.1, 0.15) is 12.3 Å². The van der Waals surface area contributed by atoms with Crippen LogP contribution in [0.5, 0.6) is 11.5 Å². The van der Waals surface area contributed by atoms with Crippen molar-refractivity contribution in [3.8, 4) is 22.1 Å². The van der Waals surface area contributed by atoms with Gasteiger partial charge in [0.05, 0.1) is 29.8 Å². The van der Waals surface area contributed by atoms with Gasteiger partial charge in [-0.15, -0.1) is 0 Å². The van der Waals surface area contributed by atoms with Crippen molar-refractivity contribution in [1.29, 1.82) is 0 Å². The summed E-state index contributed by atoms with van der Waals surface area (Å²) in [4.78, 5) is 17.2. The molecule has 1 unspecified atom stereocenters. The topological polar surface area (TPSA) is 87.5 Å². The van der Waals surface area contributed by atoms with Gasteiger partial charge in [-0.3, -0.25) is 4.68 Å². The number of ether oxygens (including phenoxy) is 3. The number of nitrogens with one attached hydrogen (secondary N) is 1. The van der Waals surface area contributed by atoms with Crippen LogP contribution in [0.2, 0.25) is 0 Å². The fourth-order valence-corrected chi connectivity index (χ4v) is 4.64. The number of esters is 1. The summed E-state index contributed by atoms with van der Waals surface area (Å²) in [5, 5.41) is 8.91. The molecule has 34 heavy (non-hydrogen) atoms. The van der Waals surface area contributed by atoms with Crippen molar-refractivity contribution in [2.75, 3.05) is 19.0 Å². The third-order valence-electron chi connectivity index (χ3n) is 5.45. The van der Waals surface area contributed by atoms with Crippen LogP contribution in [0.4, 0.5) is 5.13 Å². The number of thiazole rings is 1. The average Bonchev–Trinajstić information content (AvgIpc) is 3.48. The second-order valence-corrected chi connectivity index (χ2v) is 8.90. The normalized spacial score (nSPS) is 14.6. The van der Waals surface area contributed by atoms with Gasteiger partial charge in [-0.1, -0.05) is 35.6 Å². The minimum absolute atomic E-state index is 0.104. The lowest BCUT2D eigenvalue weighted by molar-refractivity contribution is 0.0600. The molecular formula is C25H24N4O4S. The van der Waals surface area contributed by atoms with Crippen LogP contribution < -0.4 is 14.8 Å². The molecule has 5 rings (SSSR count). The summed E-state index contributed by atoms with van der Waals surface area (Å²) < 4.78 is 18.5. The van der Waals surface area contributed by atoms with E-state index < -0.39 is 0 Å². The molecule has 0 aliphatic carbocycles. The minimum Gasteiger partial charge on any atom is -0.486 e. The molecule has 9 heteroatoms. The molecule has 0 fully saturated rings. The molecule has 1 aliphatic rings. The fourth-order valence-electron chi connectivity index (χ4n) is 3.71. The number of aryl methyl sites for hydroxylation is 1. The lowest BCUT2D eigenvalue weighted by Gasteiger charge is -2.26. The smallest absolute Gasteiger partial charge is 0.337 e. The molecule has 0 bridgehead atoms. The van der Waals surface area contributed by atoms with Crippen LogP contribution in [-0.2, 0) is 17.8 Å². The van der Waals surface area contributed by atoms with E-state index in [0.29, 0.717) is 25.3 Å². The van der Waals surface area contributed by atoms with Gasteiger partial charge in [-0.05, 0) is 42.8 Å². The molecule has 0 saturated carbocycles. The summed E-state index contributed by atoms with van der Waals surface area (Å²) in [5.41, 5.74) is 3.37. The second-order valence-electron chi connectivity index (χ2n) is 7.90. The van der Waals surface area contributed by atoms with Gasteiger partial charge in [-0.25, -0.2) is 9.78 Å². The molecule has 2 aromatic heterocycles. The largest absolute Gasteiger partial charge is 0.486 e. The first kappa shape index (κ1) is 22.0. The van der Waals surface area contributed by atoms with Crippen molar-refractivity contribution >= 4 is 22.4 Å². The Balaban J connectivity index is 1.21. The van der Waals surface area contributed by atoms with Gasteiger partial charge in [-0.2, -0.15) is 5.10 Å². The first-order chi connectivity index (χ1) is 16.6. The van der Waals surface area contributed by atoms with E-state index in [0.717, 1.165) is 38.5 Å². The molecule has 3 heterocycles. The third kappa shape index (κ3) is 4.74. The maximum Gasteiger partial charge on any atom is 0.337 e. The van der Waals surface area contributed by atoms with E-state index in [1.165, 1.54) is 7.11 Å². The van der Waals surface area contributed by atoms with Crippen molar-refractivity contribution in [2.24, 2.45) is 0 Å². The summed E-state index contributed by atoms with van der Waals surface area (Å²) in [6, 6.07) is 17.0. The summed E-state index contributed by atoms with van der Waals surface area (Å²) in [7, 11) is 1.38. The molecule has 0 spiro atoms. The Bertz CT molecular complexity index is 1300. The SMILES string of the molecule is COC(=O)c1ccc(CNc2nc(C)c(-c3ccn(CC4COc5ccccc5O4)n3)s2)cc1. The standard InChI is InChI=1S/C25H24N4O4S/c1-16-23(34-25(27-16)26-13-17-7-9-18(10-8-17)24(30)31-2)20-11-12-29(28-20)14-19-15-32-21-5-3-4-6-22(21)33-19/h3-12,19H,13-15H2,1-2H3,(H,26,27). The zero-order chi connectivity index (χ0) is 23.5. The Morgan fingerprint density at radius 1 is 1.18 bits per heavy atom. The number of benzene rings is 2. The van der Waals surface area contributed by atoms with E-state index in [2.05, 4.69) is 10.3 Å². The van der Waals surface area contributed by atoms with E-state index in [9.17, 15) is 4.79 Å². The summed E-state index contributed by atoms with van der Waals surface area (Å²) in [6.07, 6.45) is 1.85. The first-order valence-corrected chi connectivity index (χ1v) is 11.7. The number of fused-ring (bicyclic) bond motifs is 1. The van der Waals surface area contributed by atoms with E-state index in [4.69, 9.17) is 19.3 Å². The van der Waals surface area contributed by atoms with Crippen molar-refractivity contribution in [3.63, 3.8) is 0 Å². The van der Waals surface area contributed by atoms with Gasteiger partial charge in [0, 0.05) is 12.7 Å². The van der Waals surface area contributed by atoms with Gasteiger partial charge in [0.2, 0.25) is 0 Å². The molecule has 0 amide bonds. The Labute approximate surface area is 201 Å². The highest BCUT2D eigenvalue weighted by atomic mass is 32.1. The van der Waals surface area contributed by atoms with Crippen molar-refractivity contribution in [2.45, 2.75) is 26.1 Å². The van der Waals surface area contributed by atoms with Crippen LogP contribution in [0.25, 0.3) is 10.6 Å². The van der Waals surface area contributed by atoms with Crippen LogP contribution in [0.3, 0.4) is 0 Å². The molecule has 1 atom stereocenters. The minimum atomic E-state index is -0.341. The highest BCUT2D eigenvalue weighted by Gasteiger charge is 2.22. The number of hydrogen-bond donors (Lipinski definition) is 1. The monoisotopic (exact) mass is 476 g/mol. The summed E-state index contributed by atoms with van der Waals surface area (Å²) in [5.74, 6) is 1.20. The summed E-state index contributed by atoms with van der Waals surface area (Å²) >= 11 is 1.57. The number of anilines is 1. The number of aromatic nitrogens is 3. The predicted molar refractivity (Wildman–Crippen MR) is 130 cm³/mol. The van der Waals surface area contributed by atoms with Crippen LogP contribution in [0.1, 0.15) is 21.6 Å². The van der Waals surface area contributed by atoms with Crippen molar-refractivity contribution in [3.05, 3.63) is 77.6 Å². The van der Waals surface area contributed by atoms with Crippen LogP contribution in [0, 0.1) is 6.92 Å². The number of nitrogens with zero attached hydrogens (tertiary/aromatic N) is 3. The Morgan fingerprint density at radius 3 is 2.76 bits per heavy atom. The quantitative estimate of drug-likeness (QED) is 0.392. The fraction of sp³-hybridized carbons (Fsp3) is 0.240. The van der Waals surface area contributed by atoms with Crippen molar-refractivity contribution < 1.29 is 19.0 Å². The van der Waals surface area contributed by atoms with Crippen LogP contribution in [0.15, 0.2) is 60.8 Å². The maximum atomic E-state index is 11.6. The molecule has 1 aliphatic heterocycles. The number of hydrogen-bond acceptors (Lipinski definition) is 8. The second kappa shape index (κ2) is 9.56. The lowest BCUT2D eigenvalue weighted by Crippen LogP contribution is -2.33. The number of rotatable bonds is 7. The van der Waals surface area contributed by atoms with Gasteiger partial charge in [0.15, 0.2) is 22.7 Å². The van der Waals surface area contributed by atoms with Gasteiger partial charge < -0.3 is 19.5 Å². The molecule has 174 valence electrons. The Hall–Kier alpha value is -3.85. The van der Waals surface area contributed by atoms with E-state index in [1.54, 1.807) is 23.5 Å². The molecule has 0 radical (unpaired) electrons. The molecule has 4 aromatic rings. The molecule has 2 aromatic carbocycles. The van der Waals surface area contributed by atoms with Crippen molar-refractivity contribution in [1.82, 2.24) is 14.8 Å². The molecule has 8 nitrogen and oxygen atoms in total. The third-order valence-corrected chi connectivity index (χ3v) is 6.58. The Kier molecular flexibility index (Phi) is 6.18. The zero-order valence-corrected chi connectivity index (χ0v) is 19.7. The zero-order valence-electron chi connectivity index (χ0n) is 18.9. The number of carbonyl (C=O) groups is 1. The highest BCUT2D eigenvalue weighted by Crippen LogP contribution is 2.33. The predicted octanol–water partition coefficient (Wildman–Crippen LogP) is 4.55.